The quantitative estimate of drug-likeness (QED) is 0.465. The van der Waals surface area contributed by atoms with Gasteiger partial charge >= 0.3 is 12.2 Å². The molecule has 35 heavy (non-hydrogen) atoms. The van der Waals surface area contributed by atoms with E-state index >= 15 is 0 Å². The highest BCUT2D eigenvalue weighted by Crippen LogP contribution is 2.39. The van der Waals surface area contributed by atoms with Gasteiger partial charge in [0.25, 0.3) is 10.2 Å². The van der Waals surface area contributed by atoms with E-state index in [0.29, 0.717) is 48.1 Å². The molecule has 2 atom stereocenters. The van der Waals surface area contributed by atoms with Crippen molar-refractivity contribution < 1.29 is 35.5 Å². The molecule has 1 fully saturated rings. The molecule has 2 aliphatic rings. The fourth-order valence-corrected chi connectivity index (χ4v) is 5.55. The Labute approximate surface area is 199 Å². The molecule has 192 valence electrons. The third kappa shape index (κ3) is 5.59. The second kappa shape index (κ2) is 9.39. The van der Waals surface area contributed by atoms with Gasteiger partial charge in [0.05, 0.1) is 31.1 Å². The van der Waals surface area contributed by atoms with Crippen molar-refractivity contribution in [3.63, 3.8) is 0 Å². The van der Waals surface area contributed by atoms with Crippen LogP contribution in [0.4, 0.5) is 28.0 Å². The monoisotopic (exact) mass is 519 g/mol. The molecule has 1 saturated carbocycles. The maximum Gasteiger partial charge on any atom is 0.406 e. The minimum Gasteiger partial charge on any atom is -0.494 e. The van der Waals surface area contributed by atoms with Crippen molar-refractivity contribution >= 4 is 32.8 Å². The highest BCUT2D eigenvalue weighted by molar-refractivity contribution is 7.87. The average molecular weight is 520 g/mol. The highest BCUT2D eigenvalue weighted by Gasteiger charge is 2.42. The molecule has 0 radical (unpaired) electrons. The van der Waals surface area contributed by atoms with E-state index < -0.39 is 46.9 Å². The molecule has 2 aromatic rings. The first-order valence-corrected chi connectivity index (χ1v) is 12.5. The van der Waals surface area contributed by atoms with Crippen molar-refractivity contribution in [1.82, 2.24) is 14.6 Å². The summed E-state index contributed by atoms with van der Waals surface area (Å²) in [4.78, 5) is 19.4. The maximum atomic E-state index is 14.5. The largest absolute Gasteiger partial charge is 0.494 e. The summed E-state index contributed by atoms with van der Waals surface area (Å²) in [7, 11) is -2.62. The number of nitrogens with one attached hydrogen (secondary N) is 1. The second-order valence-electron chi connectivity index (χ2n) is 8.76. The van der Waals surface area contributed by atoms with Crippen LogP contribution in [-0.2, 0) is 16.8 Å². The van der Waals surface area contributed by atoms with Gasteiger partial charge in [-0.25, -0.2) is 14.3 Å². The van der Waals surface area contributed by atoms with Crippen LogP contribution in [0.3, 0.4) is 0 Å². The molecule has 3 N–H and O–H groups in total. The summed E-state index contributed by atoms with van der Waals surface area (Å²) >= 11 is 0. The zero-order chi connectivity index (χ0) is 25.5. The summed E-state index contributed by atoms with van der Waals surface area (Å²) in [6, 6.07) is 0.811. The van der Waals surface area contributed by atoms with E-state index in [1.807, 2.05) is 0 Å². The molecule has 0 spiro atoms. The lowest BCUT2D eigenvalue weighted by molar-refractivity contribution is -0.119. The average Bonchev–Trinajstić information content (AvgIpc) is 2.98. The SMILES string of the molecule is COc1cc2ncc3c(c2cc1F)CN(C1CCCC(NS(N)(=O)=O)CC1)C(=O)N3CC(F)(F)F. The fourth-order valence-electron chi connectivity index (χ4n) is 4.85. The zero-order valence-corrected chi connectivity index (χ0v) is 19.6. The lowest BCUT2D eigenvalue weighted by Crippen LogP contribution is -2.53. The maximum absolute atomic E-state index is 14.5. The number of benzene rings is 1. The predicted molar refractivity (Wildman–Crippen MR) is 119 cm³/mol. The van der Waals surface area contributed by atoms with Gasteiger partial charge in [0.1, 0.15) is 6.54 Å². The smallest absolute Gasteiger partial charge is 0.406 e. The summed E-state index contributed by atoms with van der Waals surface area (Å²) in [5, 5.41) is 5.36. The molecular weight excluding hydrogens is 494 g/mol. The van der Waals surface area contributed by atoms with Gasteiger partial charge in [0.15, 0.2) is 11.6 Å². The van der Waals surface area contributed by atoms with Crippen molar-refractivity contribution in [3.8, 4) is 5.75 Å². The van der Waals surface area contributed by atoms with Crippen LogP contribution < -0.4 is 19.5 Å². The Kier molecular flexibility index (Phi) is 6.81. The Balaban J connectivity index is 1.72. The molecule has 1 aliphatic carbocycles. The number of carbonyl (C=O) groups excluding carboxylic acids is 1. The molecule has 1 aliphatic heterocycles. The van der Waals surface area contributed by atoms with Crippen molar-refractivity contribution in [3.05, 3.63) is 29.7 Å². The van der Waals surface area contributed by atoms with E-state index in [2.05, 4.69) is 9.71 Å². The fraction of sp³-hybridized carbons (Fsp3) is 0.524. The number of halogens is 4. The molecule has 4 rings (SSSR count). The molecule has 14 heteroatoms. The van der Waals surface area contributed by atoms with Gasteiger partial charge in [-0.05, 0) is 38.2 Å². The van der Waals surface area contributed by atoms with E-state index in [9.17, 15) is 30.8 Å². The van der Waals surface area contributed by atoms with Crippen LogP contribution in [0.15, 0.2) is 18.3 Å². The van der Waals surface area contributed by atoms with Gasteiger partial charge in [0.2, 0.25) is 0 Å². The number of carbonyl (C=O) groups is 1. The molecule has 1 aromatic heterocycles. The van der Waals surface area contributed by atoms with E-state index in [1.165, 1.54) is 24.3 Å². The lowest BCUT2D eigenvalue weighted by Gasteiger charge is -2.41. The Morgan fingerprint density at radius 3 is 2.63 bits per heavy atom. The predicted octanol–water partition coefficient (Wildman–Crippen LogP) is 3.18. The number of aromatic nitrogens is 1. The van der Waals surface area contributed by atoms with Crippen LogP contribution in [0, 0.1) is 5.82 Å². The third-order valence-corrected chi connectivity index (χ3v) is 7.04. The first kappa shape index (κ1) is 25.4. The number of nitrogens with two attached hydrogens (primary N) is 1. The van der Waals surface area contributed by atoms with Crippen LogP contribution in [0.1, 0.15) is 37.7 Å². The lowest BCUT2D eigenvalue weighted by atomic mass is 10.00. The summed E-state index contributed by atoms with van der Waals surface area (Å²) in [6.45, 7) is -1.56. The number of methoxy groups -OCH3 is 1. The number of rotatable bonds is 5. The van der Waals surface area contributed by atoms with Crippen LogP contribution in [0.25, 0.3) is 10.9 Å². The minimum absolute atomic E-state index is 0.0250. The number of hydrogen-bond acceptors (Lipinski definition) is 5. The Morgan fingerprint density at radius 2 is 1.97 bits per heavy atom. The number of urea groups is 1. The number of ether oxygens (including phenoxy) is 1. The molecule has 2 amide bonds. The second-order valence-corrected chi connectivity index (χ2v) is 10.1. The Bertz CT molecular complexity index is 1240. The van der Waals surface area contributed by atoms with Crippen LogP contribution in [-0.4, -0.2) is 56.2 Å². The van der Waals surface area contributed by atoms with Crippen LogP contribution >= 0.6 is 0 Å². The summed E-state index contributed by atoms with van der Waals surface area (Å²) in [5.41, 5.74) is 0.647. The number of alkyl halides is 3. The van der Waals surface area contributed by atoms with Crippen molar-refractivity contribution in [2.75, 3.05) is 18.6 Å². The Morgan fingerprint density at radius 1 is 1.23 bits per heavy atom. The van der Waals surface area contributed by atoms with E-state index in [4.69, 9.17) is 9.88 Å². The number of hydrogen-bond donors (Lipinski definition) is 2. The van der Waals surface area contributed by atoms with E-state index in [-0.39, 0.29) is 23.4 Å². The van der Waals surface area contributed by atoms with E-state index in [1.54, 1.807) is 0 Å². The third-order valence-electron chi connectivity index (χ3n) is 6.37. The van der Waals surface area contributed by atoms with Gasteiger partial charge in [-0.1, -0.05) is 0 Å². The minimum atomic E-state index is -4.68. The van der Waals surface area contributed by atoms with Gasteiger partial charge in [-0.15, -0.1) is 0 Å². The molecule has 0 saturated heterocycles. The first-order chi connectivity index (χ1) is 16.4. The van der Waals surface area contributed by atoms with Gasteiger partial charge in [-0.3, -0.25) is 9.88 Å². The van der Waals surface area contributed by atoms with Crippen LogP contribution in [0.5, 0.6) is 5.75 Å². The van der Waals surface area contributed by atoms with Gasteiger partial charge in [-0.2, -0.15) is 26.3 Å². The van der Waals surface area contributed by atoms with Crippen molar-refractivity contribution in [2.45, 2.75) is 56.9 Å². The Hall–Kier alpha value is -2.71. The van der Waals surface area contributed by atoms with E-state index in [0.717, 1.165) is 6.07 Å². The highest BCUT2D eigenvalue weighted by atomic mass is 32.2. The number of nitrogens with zero attached hydrogens (tertiary/aromatic N) is 3. The molecule has 1 aromatic carbocycles. The topological polar surface area (TPSA) is 118 Å². The van der Waals surface area contributed by atoms with Crippen molar-refractivity contribution in [1.29, 1.82) is 0 Å². The first-order valence-electron chi connectivity index (χ1n) is 11.0. The number of pyridine rings is 1. The molecule has 2 unspecified atom stereocenters. The van der Waals surface area contributed by atoms with Crippen molar-refractivity contribution in [2.24, 2.45) is 5.14 Å². The molecule has 2 heterocycles. The summed E-state index contributed by atoms with van der Waals surface area (Å²) in [5.74, 6) is -0.759. The summed E-state index contributed by atoms with van der Waals surface area (Å²) in [6.07, 6.45) is -1.28. The zero-order valence-electron chi connectivity index (χ0n) is 18.8. The molecule has 0 bridgehead atoms. The summed E-state index contributed by atoms with van der Waals surface area (Å²) < 4.78 is 85.0. The number of fused-ring (bicyclic) bond motifs is 3. The van der Waals surface area contributed by atoms with Gasteiger partial charge < -0.3 is 9.64 Å². The standard InChI is InChI=1S/C21H25F4N5O4S/c1-34-19-8-17-14(7-16(19)22)15-10-29(13-4-2-3-12(5-6-13)28-35(26,32)33)20(31)30(11-21(23,24)25)18(15)9-27-17/h7-9,12-13,28H,2-6,10-11H2,1H3,(H2,26,32,33). The van der Waals surface area contributed by atoms with Gasteiger partial charge in [0, 0.05) is 29.1 Å². The van der Waals surface area contributed by atoms with Crippen LogP contribution in [0.2, 0.25) is 0 Å². The molecular formula is C21H25F4N5O4S. The molecule has 9 nitrogen and oxygen atoms in total. The normalized spacial score (nSPS) is 21.7. The number of anilines is 1. The number of amides is 2.